The van der Waals surface area contributed by atoms with Crippen molar-refractivity contribution in [2.24, 2.45) is 52.3 Å². The number of nitrogens with zero attached hydrogens (tertiary/aromatic N) is 1. The predicted molar refractivity (Wildman–Crippen MR) is 151 cm³/mol. The number of ether oxygens (including phenoxy) is 1. The Balaban J connectivity index is 1.23. The van der Waals surface area contributed by atoms with Gasteiger partial charge in [-0.1, -0.05) is 34.1 Å². The zero-order valence-corrected chi connectivity index (χ0v) is 25.6. The van der Waals surface area contributed by atoms with Gasteiger partial charge in [0.25, 0.3) is 0 Å². The monoisotopic (exact) mass is 581 g/mol. The molecule has 0 aromatic carbocycles. The quantitative estimate of drug-likeness (QED) is 0.410. The number of hydrogen-bond acceptors (Lipinski definition) is 8. The van der Waals surface area contributed by atoms with E-state index in [2.05, 4.69) is 32.7 Å². The third-order valence-corrected chi connectivity index (χ3v) is 14.8. The third-order valence-electron chi connectivity index (χ3n) is 12.0. The molecule has 9 heteroatoms. The number of thiazole rings is 1. The van der Waals surface area contributed by atoms with Crippen LogP contribution in [-0.4, -0.2) is 54.2 Å². The molecule has 0 spiro atoms. The molecular weight excluding hydrogens is 534 g/mol. The highest BCUT2D eigenvalue weighted by Crippen LogP contribution is 2.69. The molecule has 4 fully saturated rings. The summed E-state index contributed by atoms with van der Waals surface area (Å²) in [5.41, 5.74) is 0.345. The van der Waals surface area contributed by atoms with E-state index in [1.54, 1.807) is 5.38 Å². The molecule has 0 radical (unpaired) electrons. The molecule has 0 unspecified atom stereocenters. The molecule has 7 nitrogen and oxygen atoms in total. The van der Waals surface area contributed by atoms with E-state index in [0.717, 1.165) is 62.7 Å². The lowest BCUT2D eigenvalue weighted by molar-refractivity contribution is -0.203. The molecule has 220 valence electrons. The van der Waals surface area contributed by atoms with Gasteiger partial charge in [-0.2, -0.15) is 0 Å². The summed E-state index contributed by atoms with van der Waals surface area (Å²) in [5, 5.41) is 23.9. The summed E-state index contributed by atoms with van der Waals surface area (Å²) < 4.78 is 30.0. The first-order valence-electron chi connectivity index (χ1n) is 15.1. The molecule has 1 aromatic rings. The molecule has 0 bridgehead atoms. The maximum atomic E-state index is 12.3. The van der Waals surface area contributed by atoms with Gasteiger partial charge in [-0.3, -0.25) is 4.79 Å². The van der Waals surface area contributed by atoms with E-state index in [1.807, 2.05) is 0 Å². The Labute approximate surface area is 238 Å². The summed E-state index contributed by atoms with van der Waals surface area (Å²) in [6.45, 7) is 9.59. The summed E-state index contributed by atoms with van der Waals surface area (Å²) in [5.74, 6) is 1.42. The molecule has 0 amide bonds. The normalized spacial score (nSPS) is 42.7. The highest BCUT2D eigenvalue weighted by atomic mass is 32.2. The highest BCUT2D eigenvalue weighted by Gasteiger charge is 2.64. The van der Waals surface area contributed by atoms with E-state index < -0.39 is 21.6 Å². The topological polar surface area (TPSA) is 114 Å². The van der Waals surface area contributed by atoms with Gasteiger partial charge in [-0.25, -0.2) is 13.4 Å². The van der Waals surface area contributed by atoms with Crippen molar-refractivity contribution in [1.29, 1.82) is 0 Å². The number of aliphatic hydroxyl groups is 2. The number of aromatic nitrogens is 1. The summed E-state index contributed by atoms with van der Waals surface area (Å²) in [7, 11) is -3.75. The number of fused-ring (bicyclic) bond motifs is 5. The highest BCUT2D eigenvalue weighted by molar-refractivity contribution is 7.93. The molecule has 2 N–H and O–H groups in total. The zero-order chi connectivity index (χ0) is 28.2. The van der Waals surface area contributed by atoms with E-state index in [9.17, 15) is 23.4 Å². The number of aliphatic hydroxyl groups excluding tert-OH is 2. The van der Waals surface area contributed by atoms with Crippen LogP contribution < -0.4 is 0 Å². The van der Waals surface area contributed by atoms with Crippen molar-refractivity contribution in [3.05, 3.63) is 11.6 Å². The molecule has 0 saturated heterocycles. The van der Waals surface area contributed by atoms with Crippen LogP contribution >= 0.6 is 11.3 Å². The Morgan fingerprint density at radius 3 is 2.54 bits per heavy atom. The second-order valence-electron chi connectivity index (χ2n) is 13.7. The molecule has 4 aliphatic rings. The van der Waals surface area contributed by atoms with Crippen LogP contribution in [0.15, 0.2) is 15.9 Å². The SMILES string of the molecule is CC[C@H]1[C@@H](O)[C@@H]2[C@H](CC[C@]3(C)[C@@H]([C@H](C)CCOC(=O)CS(=O)(=O)c4nccs4)CC[C@@H]23)[C@@]2(C)CC[C@@H](O)C[C@@H]12. The Bertz CT molecular complexity index is 1120. The van der Waals surface area contributed by atoms with Gasteiger partial charge in [-0.05, 0) is 104 Å². The smallest absolute Gasteiger partial charge is 0.321 e. The molecule has 39 heavy (non-hydrogen) atoms. The molecule has 0 aliphatic heterocycles. The van der Waals surface area contributed by atoms with E-state index in [-0.39, 0.29) is 39.9 Å². The summed E-state index contributed by atoms with van der Waals surface area (Å²) in [4.78, 5) is 16.1. The van der Waals surface area contributed by atoms with Gasteiger partial charge in [0.15, 0.2) is 5.75 Å². The number of carbonyl (C=O) groups is 1. The Morgan fingerprint density at radius 1 is 1.13 bits per heavy atom. The molecule has 11 atom stereocenters. The minimum atomic E-state index is -3.75. The van der Waals surface area contributed by atoms with Crippen LogP contribution in [0.4, 0.5) is 0 Å². The van der Waals surface area contributed by atoms with E-state index in [0.29, 0.717) is 41.9 Å². The van der Waals surface area contributed by atoms with Crippen LogP contribution in [0, 0.1) is 52.3 Å². The fourth-order valence-electron chi connectivity index (χ4n) is 10.1. The predicted octanol–water partition coefficient (Wildman–Crippen LogP) is 5.11. The summed E-state index contributed by atoms with van der Waals surface area (Å²) in [6, 6.07) is 0. The molecular formula is C30H47NO6S2. The van der Waals surface area contributed by atoms with Crippen molar-refractivity contribution in [3.8, 4) is 0 Å². The average Bonchev–Trinajstić information content (AvgIpc) is 3.54. The second-order valence-corrected chi connectivity index (χ2v) is 16.7. The van der Waals surface area contributed by atoms with E-state index in [4.69, 9.17) is 4.74 Å². The number of hydrogen-bond donors (Lipinski definition) is 2. The average molecular weight is 582 g/mol. The Hall–Kier alpha value is -1.03. The van der Waals surface area contributed by atoms with E-state index in [1.165, 1.54) is 6.20 Å². The lowest BCUT2D eigenvalue weighted by atomic mass is 9.41. The second kappa shape index (κ2) is 11.0. The fourth-order valence-corrected chi connectivity index (χ4v) is 12.1. The first kappa shape index (κ1) is 29.5. The van der Waals surface area contributed by atoms with Crippen molar-refractivity contribution < 1.29 is 28.2 Å². The van der Waals surface area contributed by atoms with Crippen LogP contribution in [0.1, 0.15) is 85.5 Å². The number of sulfone groups is 1. The minimum Gasteiger partial charge on any atom is -0.465 e. The maximum Gasteiger partial charge on any atom is 0.321 e. The van der Waals surface area contributed by atoms with Gasteiger partial charge in [-0.15, -0.1) is 11.3 Å². The Kier molecular flexibility index (Phi) is 8.30. The molecule has 4 aliphatic carbocycles. The zero-order valence-electron chi connectivity index (χ0n) is 23.9. The first-order valence-corrected chi connectivity index (χ1v) is 17.6. The lowest BCUT2D eigenvalue weighted by Gasteiger charge is -2.64. The van der Waals surface area contributed by atoms with Crippen molar-refractivity contribution in [1.82, 2.24) is 4.98 Å². The van der Waals surface area contributed by atoms with Crippen LogP contribution in [-0.2, 0) is 19.4 Å². The molecule has 1 heterocycles. The molecule has 1 aromatic heterocycles. The standard InChI is InChI=1S/C30H47NO6S2/c1-5-20-24-16-19(32)8-11-30(24,4)23-9-12-29(3)21(6-7-22(29)26(23)27(20)34)18(2)10-14-37-25(33)17-39(35,36)28-31-13-15-38-28/h13,15,18-24,26-27,32,34H,5-12,14,16-17H2,1-4H3/t18-,19-,20-,21-,22+,23+,24+,26+,27-,29-,30-/m1/s1. The van der Waals surface area contributed by atoms with Gasteiger partial charge in [0, 0.05) is 11.6 Å². The van der Waals surface area contributed by atoms with Gasteiger partial charge >= 0.3 is 5.97 Å². The molecule has 5 rings (SSSR count). The lowest BCUT2D eigenvalue weighted by Crippen LogP contribution is -2.62. The van der Waals surface area contributed by atoms with Crippen molar-refractivity contribution in [3.63, 3.8) is 0 Å². The summed E-state index contributed by atoms with van der Waals surface area (Å²) >= 11 is 1.01. The van der Waals surface area contributed by atoms with Gasteiger partial charge in [0.2, 0.25) is 14.2 Å². The maximum absolute atomic E-state index is 12.3. The van der Waals surface area contributed by atoms with Crippen molar-refractivity contribution >= 4 is 27.1 Å². The van der Waals surface area contributed by atoms with Crippen molar-refractivity contribution in [2.75, 3.05) is 12.4 Å². The summed E-state index contributed by atoms with van der Waals surface area (Å²) in [6.07, 6.45) is 9.90. The number of esters is 1. The van der Waals surface area contributed by atoms with Crippen LogP contribution in [0.2, 0.25) is 0 Å². The molecule has 4 saturated carbocycles. The number of rotatable bonds is 8. The first-order chi connectivity index (χ1) is 18.4. The Morgan fingerprint density at radius 2 is 1.85 bits per heavy atom. The van der Waals surface area contributed by atoms with Crippen LogP contribution in [0.25, 0.3) is 0 Å². The van der Waals surface area contributed by atoms with Crippen LogP contribution in [0.5, 0.6) is 0 Å². The largest absolute Gasteiger partial charge is 0.465 e. The van der Waals surface area contributed by atoms with Crippen molar-refractivity contribution in [2.45, 2.75) is 102 Å². The third kappa shape index (κ3) is 5.12. The van der Waals surface area contributed by atoms with Gasteiger partial charge in [0.1, 0.15) is 0 Å². The number of carbonyl (C=O) groups excluding carboxylic acids is 1. The fraction of sp³-hybridized carbons (Fsp3) is 0.867. The van der Waals surface area contributed by atoms with Crippen LogP contribution in [0.3, 0.4) is 0 Å². The minimum absolute atomic E-state index is 0.0480. The van der Waals surface area contributed by atoms with E-state index >= 15 is 0 Å². The van der Waals surface area contributed by atoms with Gasteiger partial charge < -0.3 is 14.9 Å². The van der Waals surface area contributed by atoms with Gasteiger partial charge in [0.05, 0.1) is 18.8 Å².